The van der Waals surface area contributed by atoms with Crippen molar-refractivity contribution >= 4 is 12.1 Å². The molecule has 2 aromatic rings. The van der Waals surface area contributed by atoms with Gasteiger partial charge in [0.05, 0.1) is 19.4 Å². The molecule has 2 aromatic carbocycles. The van der Waals surface area contributed by atoms with Gasteiger partial charge in [-0.15, -0.1) is 0 Å². The fourth-order valence-corrected chi connectivity index (χ4v) is 2.21. The van der Waals surface area contributed by atoms with E-state index in [0.717, 1.165) is 23.5 Å². The van der Waals surface area contributed by atoms with Crippen molar-refractivity contribution in [1.29, 1.82) is 0 Å². The van der Waals surface area contributed by atoms with Crippen LogP contribution in [0.2, 0.25) is 0 Å². The van der Waals surface area contributed by atoms with Crippen molar-refractivity contribution in [3.05, 3.63) is 59.7 Å². The molecule has 2 rings (SSSR count). The zero-order chi connectivity index (χ0) is 18.8. The van der Waals surface area contributed by atoms with Gasteiger partial charge in [-0.3, -0.25) is 4.79 Å². The lowest BCUT2D eigenvalue weighted by Crippen LogP contribution is -2.17. The van der Waals surface area contributed by atoms with Crippen LogP contribution in [0.5, 0.6) is 11.5 Å². The van der Waals surface area contributed by atoms with Gasteiger partial charge >= 0.3 is 0 Å². The molecule has 138 valence electrons. The number of carbonyl (C=O) groups excluding carboxylic acids is 1. The van der Waals surface area contributed by atoms with Crippen LogP contribution in [0.4, 0.5) is 0 Å². The summed E-state index contributed by atoms with van der Waals surface area (Å²) in [6.07, 6.45) is 2.58. The van der Waals surface area contributed by atoms with E-state index < -0.39 is 0 Å². The summed E-state index contributed by atoms with van der Waals surface area (Å²) >= 11 is 0. The molecule has 1 amide bonds. The number of hydrazone groups is 1. The van der Waals surface area contributed by atoms with Gasteiger partial charge in [0, 0.05) is 11.1 Å². The van der Waals surface area contributed by atoms with Crippen molar-refractivity contribution in [3.8, 4) is 11.5 Å². The normalized spacial score (nSPS) is 10.9. The van der Waals surface area contributed by atoms with E-state index in [1.54, 1.807) is 30.5 Å². The van der Waals surface area contributed by atoms with Gasteiger partial charge in [0.15, 0.2) is 0 Å². The first-order valence-electron chi connectivity index (χ1n) is 8.88. The molecule has 0 saturated heterocycles. The van der Waals surface area contributed by atoms with Gasteiger partial charge in [0.25, 0.3) is 5.91 Å². The summed E-state index contributed by atoms with van der Waals surface area (Å²) in [5.41, 5.74) is 3.86. The molecule has 0 radical (unpaired) electrons. The molecule has 0 unspecified atom stereocenters. The van der Waals surface area contributed by atoms with Crippen LogP contribution in [-0.4, -0.2) is 25.3 Å². The first-order chi connectivity index (χ1) is 12.6. The summed E-state index contributed by atoms with van der Waals surface area (Å²) in [6.45, 7) is 7.48. The molecule has 0 atom stereocenters. The molecule has 0 aliphatic carbocycles. The number of carbonyl (C=O) groups is 1. The maximum absolute atomic E-state index is 12.2. The third kappa shape index (κ3) is 6.24. The van der Waals surface area contributed by atoms with Crippen molar-refractivity contribution in [2.45, 2.75) is 27.2 Å². The Morgan fingerprint density at radius 1 is 1.12 bits per heavy atom. The number of nitrogens with zero attached hydrogens (tertiary/aromatic N) is 1. The van der Waals surface area contributed by atoms with E-state index in [2.05, 4.69) is 24.4 Å². The standard InChI is InChI=1S/C21H26N2O3/c1-4-25-20-8-6-5-7-18(20)15-22-23-21(24)17-9-11-19(12-10-17)26-14-13-16(2)3/h5-12,15-16H,4,13-14H2,1-3H3,(H,23,24). The van der Waals surface area contributed by atoms with Crippen LogP contribution < -0.4 is 14.9 Å². The maximum Gasteiger partial charge on any atom is 0.271 e. The molecular weight excluding hydrogens is 328 g/mol. The van der Waals surface area contributed by atoms with Crippen LogP contribution in [0, 0.1) is 5.92 Å². The van der Waals surface area contributed by atoms with E-state index in [4.69, 9.17) is 9.47 Å². The van der Waals surface area contributed by atoms with Gasteiger partial charge in [0.1, 0.15) is 11.5 Å². The molecule has 26 heavy (non-hydrogen) atoms. The smallest absolute Gasteiger partial charge is 0.271 e. The molecule has 0 spiro atoms. The molecule has 0 bridgehead atoms. The van der Waals surface area contributed by atoms with Crippen LogP contribution >= 0.6 is 0 Å². The second-order valence-electron chi connectivity index (χ2n) is 6.23. The zero-order valence-electron chi connectivity index (χ0n) is 15.6. The number of hydrogen-bond acceptors (Lipinski definition) is 4. The molecule has 0 fully saturated rings. The average Bonchev–Trinajstić information content (AvgIpc) is 2.63. The molecule has 0 aliphatic rings. The van der Waals surface area contributed by atoms with Crippen molar-refractivity contribution in [1.82, 2.24) is 5.43 Å². The maximum atomic E-state index is 12.2. The number of para-hydroxylation sites is 1. The van der Waals surface area contributed by atoms with Gasteiger partial charge in [-0.25, -0.2) is 5.43 Å². The van der Waals surface area contributed by atoms with E-state index in [1.165, 1.54) is 0 Å². The van der Waals surface area contributed by atoms with Gasteiger partial charge in [-0.05, 0) is 55.7 Å². The zero-order valence-corrected chi connectivity index (χ0v) is 15.6. The third-order valence-corrected chi connectivity index (χ3v) is 3.67. The minimum absolute atomic E-state index is 0.274. The Kier molecular flexibility index (Phi) is 7.68. The highest BCUT2D eigenvalue weighted by atomic mass is 16.5. The van der Waals surface area contributed by atoms with Gasteiger partial charge in [-0.2, -0.15) is 5.10 Å². The number of amides is 1. The molecular formula is C21H26N2O3. The minimum atomic E-state index is -0.274. The van der Waals surface area contributed by atoms with E-state index >= 15 is 0 Å². The van der Waals surface area contributed by atoms with Crippen LogP contribution in [-0.2, 0) is 0 Å². The number of benzene rings is 2. The first-order valence-corrected chi connectivity index (χ1v) is 8.88. The van der Waals surface area contributed by atoms with Crippen molar-refractivity contribution in [3.63, 3.8) is 0 Å². The van der Waals surface area contributed by atoms with Crippen LogP contribution in [0.25, 0.3) is 0 Å². The molecule has 0 aliphatic heterocycles. The monoisotopic (exact) mass is 354 g/mol. The topological polar surface area (TPSA) is 59.9 Å². The Balaban J connectivity index is 1.89. The number of rotatable bonds is 9. The quantitative estimate of drug-likeness (QED) is 0.540. The van der Waals surface area contributed by atoms with E-state index in [-0.39, 0.29) is 5.91 Å². The molecule has 0 saturated carbocycles. The Labute approximate surface area is 155 Å². The Morgan fingerprint density at radius 2 is 1.85 bits per heavy atom. The summed E-state index contributed by atoms with van der Waals surface area (Å²) in [5.74, 6) is 1.82. The predicted octanol–water partition coefficient (Wildman–Crippen LogP) is 4.27. The molecule has 0 aromatic heterocycles. The van der Waals surface area contributed by atoms with E-state index in [0.29, 0.717) is 24.7 Å². The second-order valence-corrected chi connectivity index (χ2v) is 6.23. The molecule has 5 heteroatoms. The summed E-state index contributed by atoms with van der Waals surface area (Å²) in [5, 5.41) is 4.02. The van der Waals surface area contributed by atoms with Crippen LogP contribution in [0.3, 0.4) is 0 Å². The van der Waals surface area contributed by atoms with Gasteiger partial charge in [0.2, 0.25) is 0 Å². The highest BCUT2D eigenvalue weighted by Gasteiger charge is 2.05. The number of nitrogens with one attached hydrogen (secondary N) is 1. The molecule has 5 nitrogen and oxygen atoms in total. The van der Waals surface area contributed by atoms with Crippen molar-refractivity contribution in [2.75, 3.05) is 13.2 Å². The Hall–Kier alpha value is -2.82. The number of ether oxygens (including phenoxy) is 2. The summed E-state index contributed by atoms with van der Waals surface area (Å²) in [6, 6.07) is 14.6. The minimum Gasteiger partial charge on any atom is -0.494 e. The first kappa shape index (κ1) is 19.5. The summed E-state index contributed by atoms with van der Waals surface area (Å²) < 4.78 is 11.2. The lowest BCUT2D eigenvalue weighted by atomic mass is 10.1. The fourth-order valence-electron chi connectivity index (χ4n) is 2.21. The SMILES string of the molecule is CCOc1ccccc1C=NNC(=O)c1ccc(OCCC(C)C)cc1. The van der Waals surface area contributed by atoms with Crippen molar-refractivity contribution in [2.24, 2.45) is 11.0 Å². The lowest BCUT2D eigenvalue weighted by Gasteiger charge is -2.08. The third-order valence-electron chi connectivity index (χ3n) is 3.67. The highest BCUT2D eigenvalue weighted by Crippen LogP contribution is 2.16. The Morgan fingerprint density at radius 3 is 2.54 bits per heavy atom. The predicted molar refractivity (Wildman–Crippen MR) is 104 cm³/mol. The largest absolute Gasteiger partial charge is 0.494 e. The molecule has 1 N–H and O–H groups in total. The van der Waals surface area contributed by atoms with E-state index in [9.17, 15) is 4.79 Å². The van der Waals surface area contributed by atoms with E-state index in [1.807, 2.05) is 31.2 Å². The highest BCUT2D eigenvalue weighted by molar-refractivity contribution is 5.95. The van der Waals surface area contributed by atoms with Gasteiger partial charge < -0.3 is 9.47 Å². The van der Waals surface area contributed by atoms with Crippen molar-refractivity contribution < 1.29 is 14.3 Å². The average molecular weight is 354 g/mol. The molecule has 0 heterocycles. The van der Waals surface area contributed by atoms with Crippen LogP contribution in [0.1, 0.15) is 43.1 Å². The summed E-state index contributed by atoms with van der Waals surface area (Å²) in [4.78, 5) is 12.2. The summed E-state index contributed by atoms with van der Waals surface area (Å²) in [7, 11) is 0. The lowest BCUT2D eigenvalue weighted by molar-refractivity contribution is 0.0955. The Bertz CT molecular complexity index is 724. The van der Waals surface area contributed by atoms with Gasteiger partial charge in [-0.1, -0.05) is 26.0 Å². The number of hydrogen-bond donors (Lipinski definition) is 1. The second kappa shape index (κ2) is 10.2. The van der Waals surface area contributed by atoms with Crippen LogP contribution in [0.15, 0.2) is 53.6 Å². The fraction of sp³-hybridized carbons (Fsp3) is 0.333.